The third-order valence-corrected chi connectivity index (χ3v) is 6.25. The number of carbonyl (C=O) groups is 1. The van der Waals surface area contributed by atoms with Crippen molar-refractivity contribution in [3.63, 3.8) is 0 Å². The first kappa shape index (κ1) is 22.6. The second-order valence-electron chi connectivity index (χ2n) is 6.88. The number of aryl methyl sites for hydroxylation is 1. The number of benzene rings is 1. The van der Waals surface area contributed by atoms with Crippen molar-refractivity contribution in [2.45, 2.75) is 26.8 Å². The summed E-state index contributed by atoms with van der Waals surface area (Å²) >= 11 is 13.8. The molecule has 0 spiro atoms. The number of thiazole rings is 1. The number of amides is 1. The molecule has 1 amide bonds. The molecular weight excluding hydrogens is 443 g/mol. The van der Waals surface area contributed by atoms with Gasteiger partial charge in [-0.15, -0.1) is 11.3 Å². The van der Waals surface area contributed by atoms with Gasteiger partial charge in [0.2, 0.25) is 0 Å². The number of rotatable bonds is 6. The van der Waals surface area contributed by atoms with Crippen LogP contribution in [-0.4, -0.2) is 53.1 Å². The smallest absolute Gasteiger partial charge is 0.356 e. The molecule has 1 N–H and O–H groups in total. The fraction of sp³-hybridized carbons (Fsp3) is 0.381. The van der Waals surface area contributed by atoms with Crippen molar-refractivity contribution in [2.24, 2.45) is 0 Å². The zero-order valence-corrected chi connectivity index (χ0v) is 19.7. The van der Waals surface area contributed by atoms with Crippen LogP contribution in [0.5, 0.6) is 0 Å². The first-order valence-corrected chi connectivity index (χ1v) is 11.3. The Kier molecular flexibility index (Phi) is 7.39. The number of methoxy groups -OCH3 is 1. The molecule has 6 nitrogen and oxygen atoms in total. The Morgan fingerprint density at radius 3 is 2.73 bits per heavy atom. The van der Waals surface area contributed by atoms with Crippen LogP contribution < -0.4 is 5.32 Å². The zero-order valence-electron chi connectivity index (χ0n) is 17.4. The van der Waals surface area contributed by atoms with E-state index in [0.717, 1.165) is 22.9 Å². The van der Waals surface area contributed by atoms with Gasteiger partial charge in [0.1, 0.15) is 6.54 Å². The number of nitrogens with one attached hydrogen (secondary N) is 1. The molecule has 2 aromatic rings. The molecule has 1 aromatic carbocycles. The summed E-state index contributed by atoms with van der Waals surface area (Å²) in [5.41, 5.74) is 2.10. The maximum Gasteiger partial charge on any atom is 0.356 e. The van der Waals surface area contributed by atoms with E-state index in [1.807, 2.05) is 26.0 Å². The molecule has 1 unspecified atom stereocenters. The van der Waals surface area contributed by atoms with Gasteiger partial charge in [-0.05, 0) is 44.0 Å². The quantitative estimate of drug-likeness (QED) is 0.390. The summed E-state index contributed by atoms with van der Waals surface area (Å²) in [4.78, 5) is 20.8. The van der Waals surface area contributed by atoms with Crippen molar-refractivity contribution in [3.8, 4) is 0 Å². The Bertz CT molecular complexity index is 982. The molecule has 0 bridgehead atoms. The topological polar surface area (TPSA) is 57.5 Å². The SMILES string of the molecule is CCNC1=[N+](CC)CC(c2cnc(Cl)s2)N1C(=O)/C(=C/OC)c1cc(C)cc(Cl)c1. The average molecular weight is 468 g/mol. The third-order valence-electron chi connectivity index (χ3n) is 4.81. The minimum atomic E-state index is -0.211. The van der Waals surface area contributed by atoms with Crippen molar-refractivity contribution in [1.29, 1.82) is 0 Å². The van der Waals surface area contributed by atoms with Gasteiger partial charge >= 0.3 is 11.9 Å². The summed E-state index contributed by atoms with van der Waals surface area (Å²) in [6, 6.07) is 5.34. The van der Waals surface area contributed by atoms with Crippen LogP contribution in [0, 0.1) is 6.92 Å². The Hall–Kier alpha value is -2.09. The number of likely N-dealkylation sites (N-methyl/N-ethyl adjacent to an activating group) is 1. The molecule has 1 aliphatic heterocycles. The van der Waals surface area contributed by atoms with Crippen molar-refractivity contribution >= 4 is 52.0 Å². The van der Waals surface area contributed by atoms with Gasteiger partial charge < -0.3 is 4.74 Å². The number of ether oxygens (including phenoxy) is 1. The highest BCUT2D eigenvalue weighted by Gasteiger charge is 2.45. The third kappa shape index (κ3) is 4.63. The highest BCUT2D eigenvalue weighted by molar-refractivity contribution is 7.15. The Morgan fingerprint density at radius 2 is 2.17 bits per heavy atom. The van der Waals surface area contributed by atoms with E-state index in [1.54, 1.807) is 17.2 Å². The van der Waals surface area contributed by atoms with Gasteiger partial charge in [-0.2, -0.15) is 4.90 Å². The fourth-order valence-electron chi connectivity index (χ4n) is 3.57. The maximum atomic E-state index is 13.9. The Morgan fingerprint density at radius 1 is 1.40 bits per heavy atom. The normalized spacial score (nSPS) is 16.9. The summed E-state index contributed by atoms with van der Waals surface area (Å²) in [6.45, 7) is 8.11. The molecular formula is C21H25Cl2N4O2S+. The summed E-state index contributed by atoms with van der Waals surface area (Å²) in [5, 5.41) is 3.93. The minimum absolute atomic E-state index is 0.181. The number of guanidine groups is 1. The summed E-state index contributed by atoms with van der Waals surface area (Å²) in [5.74, 6) is 0.584. The minimum Gasteiger partial charge on any atom is -0.503 e. The second kappa shape index (κ2) is 9.81. The van der Waals surface area contributed by atoms with E-state index in [4.69, 9.17) is 27.9 Å². The largest absolute Gasteiger partial charge is 0.503 e. The van der Waals surface area contributed by atoms with Crippen LogP contribution in [0.3, 0.4) is 0 Å². The molecule has 160 valence electrons. The number of carbonyl (C=O) groups excluding carboxylic acids is 1. The number of hydrogen-bond acceptors (Lipinski definition) is 5. The van der Waals surface area contributed by atoms with Crippen LogP contribution in [0.1, 0.15) is 35.9 Å². The van der Waals surface area contributed by atoms with Crippen LogP contribution in [0.4, 0.5) is 0 Å². The number of halogens is 2. The maximum absolute atomic E-state index is 13.9. The van der Waals surface area contributed by atoms with E-state index in [-0.39, 0.29) is 11.9 Å². The van der Waals surface area contributed by atoms with Crippen molar-refractivity contribution < 1.29 is 14.1 Å². The highest BCUT2D eigenvalue weighted by Crippen LogP contribution is 2.34. The van der Waals surface area contributed by atoms with Crippen LogP contribution in [0.15, 0.2) is 30.7 Å². The van der Waals surface area contributed by atoms with Crippen LogP contribution in [0.25, 0.3) is 5.57 Å². The zero-order chi connectivity index (χ0) is 21.8. The van der Waals surface area contributed by atoms with E-state index in [9.17, 15) is 4.79 Å². The van der Waals surface area contributed by atoms with Gasteiger partial charge in [-0.3, -0.25) is 14.7 Å². The molecule has 0 radical (unpaired) electrons. The molecule has 3 rings (SSSR count). The lowest BCUT2D eigenvalue weighted by atomic mass is 10.0. The summed E-state index contributed by atoms with van der Waals surface area (Å²) in [6.07, 6.45) is 3.21. The molecule has 30 heavy (non-hydrogen) atoms. The summed E-state index contributed by atoms with van der Waals surface area (Å²) < 4.78 is 7.89. The van der Waals surface area contributed by atoms with Gasteiger partial charge in [0.25, 0.3) is 0 Å². The van der Waals surface area contributed by atoms with E-state index in [1.165, 1.54) is 24.7 Å². The monoisotopic (exact) mass is 467 g/mol. The molecule has 1 atom stereocenters. The van der Waals surface area contributed by atoms with Crippen molar-refractivity contribution in [1.82, 2.24) is 15.2 Å². The van der Waals surface area contributed by atoms with Crippen molar-refractivity contribution in [3.05, 3.63) is 56.2 Å². The molecule has 0 saturated carbocycles. The van der Waals surface area contributed by atoms with Gasteiger partial charge in [-0.25, -0.2) is 4.98 Å². The summed E-state index contributed by atoms with van der Waals surface area (Å²) in [7, 11) is 1.53. The lowest BCUT2D eigenvalue weighted by Gasteiger charge is -2.20. The van der Waals surface area contributed by atoms with E-state index >= 15 is 0 Å². The highest BCUT2D eigenvalue weighted by atomic mass is 35.5. The van der Waals surface area contributed by atoms with Gasteiger partial charge in [0.05, 0.1) is 36.9 Å². The number of aromatic nitrogens is 1. The number of hydrogen-bond donors (Lipinski definition) is 1. The average Bonchev–Trinajstić information content (AvgIpc) is 3.28. The molecule has 0 fully saturated rings. The lowest BCUT2D eigenvalue weighted by Crippen LogP contribution is -2.45. The Balaban J connectivity index is 2.10. The molecule has 1 aromatic heterocycles. The van der Waals surface area contributed by atoms with Gasteiger partial charge in [-0.1, -0.05) is 29.3 Å². The molecule has 9 heteroatoms. The van der Waals surface area contributed by atoms with E-state index in [2.05, 4.69) is 21.8 Å². The molecule has 0 aliphatic carbocycles. The standard InChI is InChI=1S/C21H24Cl2N4O2S/c1-5-24-21-26(6-2)11-17(18-10-25-20(23)30-18)27(21)19(28)16(12-29-4)14-7-13(3)8-15(22)9-14/h7-10,12,17H,5-6,11H2,1-4H3/p+1/b16-12+. The molecule has 2 heterocycles. The number of nitrogens with zero attached hydrogens (tertiary/aromatic N) is 3. The Labute approximate surface area is 190 Å². The van der Waals surface area contributed by atoms with Crippen LogP contribution in [0.2, 0.25) is 9.49 Å². The van der Waals surface area contributed by atoms with Crippen LogP contribution in [-0.2, 0) is 9.53 Å². The predicted molar refractivity (Wildman–Crippen MR) is 122 cm³/mol. The van der Waals surface area contributed by atoms with Gasteiger partial charge in [0, 0.05) is 11.2 Å². The van der Waals surface area contributed by atoms with Crippen molar-refractivity contribution in [2.75, 3.05) is 26.7 Å². The lowest BCUT2D eigenvalue weighted by molar-refractivity contribution is -0.520. The second-order valence-corrected chi connectivity index (χ2v) is 8.96. The predicted octanol–water partition coefficient (Wildman–Crippen LogP) is 4.33. The van der Waals surface area contributed by atoms with Gasteiger partial charge in [0.15, 0.2) is 10.5 Å². The van der Waals surface area contributed by atoms with Crippen LogP contribution >= 0.6 is 34.5 Å². The van der Waals surface area contributed by atoms with E-state index in [0.29, 0.717) is 33.7 Å². The molecule has 1 aliphatic rings. The fourth-order valence-corrected chi connectivity index (χ4v) is 4.89. The van der Waals surface area contributed by atoms with E-state index < -0.39 is 0 Å². The molecule has 0 saturated heterocycles. The first-order valence-electron chi connectivity index (χ1n) is 9.70. The first-order chi connectivity index (χ1) is 14.4.